The maximum atomic E-state index is 12.1. The number of benzene rings is 2. The van der Waals surface area contributed by atoms with Crippen LogP contribution >= 0.6 is 11.6 Å². The van der Waals surface area contributed by atoms with Gasteiger partial charge < -0.3 is 10.4 Å². The highest BCUT2D eigenvalue weighted by molar-refractivity contribution is 6.29. The van der Waals surface area contributed by atoms with E-state index in [0.717, 1.165) is 0 Å². The number of hydrazine groups is 1. The molecule has 2 rings (SSSR count). The molecule has 0 radical (unpaired) electrons. The van der Waals surface area contributed by atoms with Crippen LogP contribution in [0.2, 0.25) is 0 Å². The average molecular weight is 334 g/mol. The lowest BCUT2D eigenvalue weighted by Crippen LogP contribution is -2.30. The van der Waals surface area contributed by atoms with Crippen LogP contribution < -0.4 is 16.2 Å². The highest BCUT2D eigenvalue weighted by atomic mass is 35.5. The van der Waals surface area contributed by atoms with E-state index in [-0.39, 0.29) is 24.3 Å². The molecule has 0 bridgehead atoms. The highest BCUT2D eigenvalue weighted by Gasteiger charge is 2.09. The van der Waals surface area contributed by atoms with Crippen LogP contribution in [0.1, 0.15) is 15.9 Å². The molecule has 0 aliphatic rings. The standard InChI is InChI=1S/C16H16ClN3O3/c17-9-15(22)18-12-5-7-13(8-6-12)19-20-16(23)14-4-2-1-3-11(14)10-21/h1-8,19,21H,9-10H2,(H,18,22)(H,20,23). The normalized spacial score (nSPS) is 10.0. The zero-order valence-electron chi connectivity index (χ0n) is 12.2. The fourth-order valence-electron chi connectivity index (χ4n) is 1.91. The number of hydrogen-bond acceptors (Lipinski definition) is 4. The molecule has 0 atom stereocenters. The second-order valence-electron chi connectivity index (χ2n) is 4.65. The molecule has 6 nitrogen and oxygen atoms in total. The number of halogens is 1. The number of nitrogens with one attached hydrogen (secondary N) is 3. The first-order chi connectivity index (χ1) is 11.1. The Morgan fingerprint density at radius 1 is 1.00 bits per heavy atom. The molecule has 0 unspecified atom stereocenters. The molecule has 120 valence electrons. The summed E-state index contributed by atoms with van der Waals surface area (Å²) >= 11 is 5.41. The van der Waals surface area contributed by atoms with Gasteiger partial charge in [0.2, 0.25) is 5.91 Å². The van der Waals surface area contributed by atoms with Crippen molar-refractivity contribution in [1.29, 1.82) is 0 Å². The maximum absolute atomic E-state index is 12.1. The third-order valence-corrected chi connectivity index (χ3v) is 3.29. The van der Waals surface area contributed by atoms with Gasteiger partial charge in [0.25, 0.3) is 5.91 Å². The van der Waals surface area contributed by atoms with E-state index in [1.54, 1.807) is 48.5 Å². The molecule has 2 aromatic rings. The van der Waals surface area contributed by atoms with Gasteiger partial charge in [-0.2, -0.15) is 0 Å². The Balaban J connectivity index is 1.95. The minimum atomic E-state index is -0.353. The SMILES string of the molecule is O=C(CCl)Nc1ccc(NNC(=O)c2ccccc2CO)cc1. The van der Waals surface area contributed by atoms with Gasteiger partial charge in [0.05, 0.1) is 12.3 Å². The second kappa shape index (κ2) is 8.17. The smallest absolute Gasteiger partial charge is 0.269 e. The topological polar surface area (TPSA) is 90.5 Å². The van der Waals surface area contributed by atoms with E-state index < -0.39 is 0 Å². The van der Waals surface area contributed by atoms with E-state index >= 15 is 0 Å². The van der Waals surface area contributed by atoms with Crippen molar-refractivity contribution in [3.05, 3.63) is 59.7 Å². The minimum absolute atomic E-state index is 0.111. The molecule has 0 heterocycles. The lowest BCUT2D eigenvalue weighted by Gasteiger charge is -2.11. The Morgan fingerprint density at radius 3 is 2.30 bits per heavy atom. The summed E-state index contributed by atoms with van der Waals surface area (Å²) in [4.78, 5) is 23.3. The number of hydrogen-bond donors (Lipinski definition) is 4. The molecule has 23 heavy (non-hydrogen) atoms. The van der Waals surface area contributed by atoms with Crippen molar-refractivity contribution in [3.8, 4) is 0 Å². The Kier molecular flexibility index (Phi) is 5.96. The van der Waals surface area contributed by atoms with Crippen LogP contribution in [0.4, 0.5) is 11.4 Å². The van der Waals surface area contributed by atoms with Gasteiger partial charge in [-0.05, 0) is 35.9 Å². The number of anilines is 2. The molecule has 0 saturated heterocycles. The summed E-state index contributed by atoms with van der Waals surface area (Å²) in [5.74, 6) is -0.754. The summed E-state index contributed by atoms with van der Waals surface area (Å²) in [7, 11) is 0. The van der Waals surface area contributed by atoms with Gasteiger partial charge in [-0.15, -0.1) is 11.6 Å². The van der Waals surface area contributed by atoms with Gasteiger partial charge in [-0.3, -0.25) is 20.4 Å². The van der Waals surface area contributed by atoms with E-state index in [4.69, 9.17) is 11.6 Å². The number of alkyl halides is 1. The monoisotopic (exact) mass is 333 g/mol. The zero-order valence-corrected chi connectivity index (χ0v) is 12.9. The molecule has 7 heteroatoms. The van der Waals surface area contributed by atoms with Crippen LogP contribution in [0.3, 0.4) is 0 Å². The zero-order chi connectivity index (χ0) is 16.7. The van der Waals surface area contributed by atoms with Crippen molar-refractivity contribution in [2.45, 2.75) is 6.61 Å². The van der Waals surface area contributed by atoms with E-state index in [9.17, 15) is 14.7 Å². The molecule has 2 amide bonds. The van der Waals surface area contributed by atoms with Crippen LogP contribution in [0.25, 0.3) is 0 Å². The van der Waals surface area contributed by atoms with Crippen molar-refractivity contribution in [2.24, 2.45) is 0 Å². The highest BCUT2D eigenvalue weighted by Crippen LogP contribution is 2.13. The van der Waals surface area contributed by atoms with Crippen LogP contribution in [-0.2, 0) is 11.4 Å². The molecule has 0 saturated carbocycles. The van der Waals surface area contributed by atoms with E-state index in [0.29, 0.717) is 22.5 Å². The Hall–Kier alpha value is -2.57. The molecule has 4 N–H and O–H groups in total. The predicted molar refractivity (Wildman–Crippen MR) is 89.2 cm³/mol. The van der Waals surface area contributed by atoms with Crippen molar-refractivity contribution < 1.29 is 14.7 Å². The number of rotatable bonds is 6. The lowest BCUT2D eigenvalue weighted by atomic mass is 10.1. The summed E-state index contributed by atoms with van der Waals surface area (Å²) in [5, 5.41) is 11.8. The first-order valence-corrected chi connectivity index (χ1v) is 7.38. The molecular formula is C16H16ClN3O3. The van der Waals surface area contributed by atoms with Crippen molar-refractivity contribution in [3.63, 3.8) is 0 Å². The van der Waals surface area contributed by atoms with Gasteiger partial charge in [-0.25, -0.2) is 0 Å². The number of amides is 2. The summed E-state index contributed by atoms with van der Waals surface area (Å²) in [5.41, 5.74) is 7.52. The molecule has 2 aromatic carbocycles. The summed E-state index contributed by atoms with van der Waals surface area (Å²) < 4.78 is 0. The number of aliphatic hydroxyl groups is 1. The fraction of sp³-hybridized carbons (Fsp3) is 0.125. The number of carbonyl (C=O) groups excluding carboxylic acids is 2. The van der Waals surface area contributed by atoms with Gasteiger partial charge in [-0.1, -0.05) is 18.2 Å². The van der Waals surface area contributed by atoms with Crippen molar-refractivity contribution in [2.75, 3.05) is 16.6 Å². The van der Waals surface area contributed by atoms with Gasteiger partial charge in [0, 0.05) is 11.3 Å². The fourth-order valence-corrected chi connectivity index (χ4v) is 1.97. The maximum Gasteiger partial charge on any atom is 0.269 e. The third kappa shape index (κ3) is 4.70. The molecular weight excluding hydrogens is 318 g/mol. The molecule has 0 aliphatic carbocycles. The van der Waals surface area contributed by atoms with Gasteiger partial charge in [0.15, 0.2) is 0 Å². The van der Waals surface area contributed by atoms with Crippen LogP contribution in [0, 0.1) is 0 Å². The number of carbonyl (C=O) groups is 2. The van der Waals surface area contributed by atoms with E-state index in [1.165, 1.54) is 0 Å². The Morgan fingerprint density at radius 2 is 1.65 bits per heavy atom. The quantitative estimate of drug-likeness (QED) is 0.481. The Labute approximate surface area is 138 Å². The molecule has 0 spiro atoms. The first kappa shape index (κ1) is 16.8. The van der Waals surface area contributed by atoms with Crippen molar-refractivity contribution >= 4 is 34.8 Å². The summed E-state index contributed by atoms with van der Waals surface area (Å²) in [6.45, 7) is -0.210. The summed E-state index contributed by atoms with van der Waals surface area (Å²) in [6.07, 6.45) is 0. The van der Waals surface area contributed by atoms with Gasteiger partial charge in [0.1, 0.15) is 5.88 Å². The van der Waals surface area contributed by atoms with Gasteiger partial charge >= 0.3 is 0 Å². The summed E-state index contributed by atoms with van der Waals surface area (Å²) in [6, 6.07) is 13.5. The largest absolute Gasteiger partial charge is 0.392 e. The van der Waals surface area contributed by atoms with Crippen molar-refractivity contribution in [1.82, 2.24) is 5.43 Å². The first-order valence-electron chi connectivity index (χ1n) is 6.85. The third-order valence-electron chi connectivity index (χ3n) is 3.04. The Bertz CT molecular complexity index is 689. The molecule has 0 fully saturated rings. The van der Waals surface area contributed by atoms with E-state index in [2.05, 4.69) is 16.2 Å². The number of aliphatic hydroxyl groups excluding tert-OH is 1. The van der Waals surface area contributed by atoms with E-state index in [1.807, 2.05) is 0 Å². The average Bonchev–Trinajstić information content (AvgIpc) is 2.60. The lowest BCUT2D eigenvalue weighted by molar-refractivity contribution is -0.113. The van der Waals surface area contributed by atoms with Crippen LogP contribution in [0.5, 0.6) is 0 Å². The van der Waals surface area contributed by atoms with Crippen LogP contribution in [-0.4, -0.2) is 22.8 Å². The second-order valence-corrected chi connectivity index (χ2v) is 4.92. The molecule has 0 aromatic heterocycles. The minimum Gasteiger partial charge on any atom is -0.392 e. The van der Waals surface area contributed by atoms with Crippen LogP contribution in [0.15, 0.2) is 48.5 Å². The molecule has 0 aliphatic heterocycles. The predicted octanol–water partition coefficient (Wildman–Crippen LogP) is 2.11.